The maximum Gasteiger partial charge on any atom is 0.141 e. The Balaban J connectivity index is 1.69. The van der Waals surface area contributed by atoms with E-state index < -0.39 is 0 Å². The maximum atomic E-state index is 12.7. The van der Waals surface area contributed by atoms with Gasteiger partial charge in [0, 0.05) is 24.9 Å². The summed E-state index contributed by atoms with van der Waals surface area (Å²) in [5.74, 6) is 3.50. The Labute approximate surface area is 135 Å². The zero-order chi connectivity index (χ0) is 15.5. The van der Waals surface area contributed by atoms with Crippen LogP contribution in [-0.2, 0) is 9.53 Å². The average molecular weight is 304 g/mol. The monoisotopic (exact) mass is 304 g/mol. The van der Waals surface area contributed by atoms with Crippen LogP contribution in [0.3, 0.4) is 0 Å². The van der Waals surface area contributed by atoms with Crippen molar-refractivity contribution in [1.29, 1.82) is 0 Å². The summed E-state index contributed by atoms with van der Waals surface area (Å²) in [6.45, 7) is 4.85. The van der Waals surface area contributed by atoms with Gasteiger partial charge in [0.1, 0.15) is 5.78 Å². The summed E-state index contributed by atoms with van der Waals surface area (Å²) in [4.78, 5) is 12.7. The predicted molar refractivity (Wildman–Crippen MR) is 87.5 cm³/mol. The van der Waals surface area contributed by atoms with Crippen molar-refractivity contribution < 1.29 is 9.53 Å². The lowest BCUT2D eigenvalue weighted by Gasteiger charge is -2.60. The van der Waals surface area contributed by atoms with Crippen LogP contribution in [0.5, 0.6) is 0 Å². The minimum atomic E-state index is -0.0836. The maximum absolute atomic E-state index is 12.7. The molecule has 0 aromatic carbocycles. The first-order chi connectivity index (χ1) is 10.5. The molecule has 7 atom stereocenters. The molecular formula is C20H32O2. The van der Waals surface area contributed by atoms with Crippen LogP contribution >= 0.6 is 0 Å². The van der Waals surface area contributed by atoms with Crippen molar-refractivity contribution in [3.05, 3.63) is 0 Å². The lowest BCUT2D eigenvalue weighted by Crippen LogP contribution is -2.54. The summed E-state index contributed by atoms with van der Waals surface area (Å²) in [6.07, 6.45) is 11.7. The average Bonchev–Trinajstić information content (AvgIpc) is 2.78. The highest BCUT2D eigenvalue weighted by molar-refractivity contribution is 5.88. The number of hydrogen-bond acceptors (Lipinski definition) is 2. The first-order valence-electron chi connectivity index (χ1n) is 9.57. The van der Waals surface area contributed by atoms with Crippen molar-refractivity contribution >= 4 is 5.78 Å². The fraction of sp³-hybridized carbons (Fsp3) is 0.950. The largest absolute Gasteiger partial charge is 0.381 e. The van der Waals surface area contributed by atoms with Crippen molar-refractivity contribution in [2.75, 3.05) is 7.11 Å². The van der Waals surface area contributed by atoms with Crippen LogP contribution in [0.2, 0.25) is 0 Å². The standard InChI is InChI=1S/C20H32O2/c1-19-10-5-4-6-13(19)7-8-14-15(19)9-11-20(2)17(21)12-16(22-3)18(14)20/h13-16,18H,4-12H2,1-3H3/t13-,14-,15+,16+,18-,19+,20-/m1/s1. The van der Waals surface area contributed by atoms with Crippen molar-refractivity contribution in [3.8, 4) is 0 Å². The third-order valence-electron chi connectivity index (χ3n) is 8.56. The highest BCUT2D eigenvalue weighted by atomic mass is 16.5. The summed E-state index contributed by atoms with van der Waals surface area (Å²) in [7, 11) is 1.82. The van der Waals surface area contributed by atoms with E-state index in [9.17, 15) is 4.79 Å². The van der Waals surface area contributed by atoms with Crippen LogP contribution < -0.4 is 0 Å². The molecular weight excluding hydrogens is 272 g/mol. The number of rotatable bonds is 1. The van der Waals surface area contributed by atoms with Crippen molar-refractivity contribution in [2.24, 2.45) is 34.5 Å². The topological polar surface area (TPSA) is 26.3 Å². The zero-order valence-electron chi connectivity index (χ0n) is 14.6. The Morgan fingerprint density at radius 3 is 2.64 bits per heavy atom. The summed E-state index contributed by atoms with van der Waals surface area (Å²) in [5, 5.41) is 0. The lowest BCUT2D eigenvalue weighted by molar-refractivity contribution is -0.144. The number of fused-ring (bicyclic) bond motifs is 5. The Kier molecular flexibility index (Phi) is 3.49. The van der Waals surface area contributed by atoms with Gasteiger partial charge in [0.05, 0.1) is 6.10 Å². The first-order valence-corrected chi connectivity index (χ1v) is 9.57. The van der Waals surface area contributed by atoms with Gasteiger partial charge in [-0.3, -0.25) is 4.79 Å². The fourth-order valence-corrected chi connectivity index (χ4v) is 7.33. The van der Waals surface area contributed by atoms with E-state index in [4.69, 9.17) is 4.74 Å². The van der Waals surface area contributed by atoms with E-state index in [1.807, 2.05) is 7.11 Å². The Bertz CT molecular complexity index is 472. The van der Waals surface area contributed by atoms with E-state index in [1.54, 1.807) is 0 Å². The number of methoxy groups -OCH3 is 1. The normalized spacial score (nSPS) is 54.5. The van der Waals surface area contributed by atoms with Crippen LogP contribution in [-0.4, -0.2) is 19.0 Å². The third kappa shape index (κ3) is 1.85. The molecule has 0 saturated heterocycles. The number of carbonyl (C=O) groups excluding carboxylic acids is 1. The van der Waals surface area contributed by atoms with Crippen LogP contribution in [0.15, 0.2) is 0 Å². The highest BCUT2D eigenvalue weighted by Gasteiger charge is 2.62. The quantitative estimate of drug-likeness (QED) is 0.707. The number of ketones is 1. The molecule has 4 aliphatic carbocycles. The van der Waals surface area contributed by atoms with Gasteiger partial charge in [0.25, 0.3) is 0 Å². The smallest absolute Gasteiger partial charge is 0.141 e. The van der Waals surface area contributed by atoms with Crippen LogP contribution in [0.1, 0.15) is 71.6 Å². The third-order valence-corrected chi connectivity index (χ3v) is 8.56. The number of Topliss-reactive ketones (excluding diaryl/α,β-unsaturated/α-hetero) is 1. The molecule has 0 aliphatic heterocycles. The van der Waals surface area contributed by atoms with E-state index in [0.717, 1.165) is 24.2 Å². The summed E-state index contributed by atoms with van der Waals surface area (Å²) in [5.41, 5.74) is 0.464. The molecule has 0 amide bonds. The van der Waals surface area contributed by atoms with Crippen molar-refractivity contribution in [1.82, 2.24) is 0 Å². The van der Waals surface area contributed by atoms with Gasteiger partial charge >= 0.3 is 0 Å². The molecule has 124 valence electrons. The highest BCUT2D eigenvalue weighted by Crippen LogP contribution is 2.65. The molecule has 0 N–H and O–H groups in total. The molecule has 22 heavy (non-hydrogen) atoms. The van der Waals surface area contributed by atoms with Crippen LogP contribution in [0, 0.1) is 34.5 Å². The second kappa shape index (κ2) is 5.06. The van der Waals surface area contributed by atoms with Gasteiger partial charge in [-0.1, -0.05) is 26.7 Å². The van der Waals surface area contributed by atoms with Crippen LogP contribution in [0.4, 0.5) is 0 Å². The molecule has 0 spiro atoms. The molecule has 2 heteroatoms. The van der Waals surface area contributed by atoms with Crippen molar-refractivity contribution in [3.63, 3.8) is 0 Å². The SMILES string of the molecule is CO[C@H]1CC(=O)[C@@]2(C)CC[C@H]3[C@@H](CC[C@H]4CCCC[C@@]43C)[C@H]12. The van der Waals surface area contributed by atoms with Gasteiger partial charge < -0.3 is 4.74 Å². The molecule has 0 aromatic heterocycles. The molecule has 4 aliphatic rings. The molecule has 4 rings (SSSR count). The molecule has 4 fully saturated rings. The molecule has 0 heterocycles. The second-order valence-electron chi connectivity index (χ2n) is 9.18. The van der Waals surface area contributed by atoms with E-state index in [1.165, 1.54) is 44.9 Å². The minimum Gasteiger partial charge on any atom is -0.381 e. The zero-order valence-corrected chi connectivity index (χ0v) is 14.6. The van der Waals surface area contributed by atoms with Gasteiger partial charge in [-0.15, -0.1) is 0 Å². The molecule has 0 bridgehead atoms. The number of carbonyl (C=O) groups is 1. The van der Waals surface area contributed by atoms with E-state index in [0.29, 0.717) is 23.5 Å². The van der Waals surface area contributed by atoms with E-state index in [-0.39, 0.29) is 11.5 Å². The molecule has 2 nitrogen and oxygen atoms in total. The van der Waals surface area contributed by atoms with E-state index in [2.05, 4.69) is 13.8 Å². The molecule has 0 radical (unpaired) electrons. The van der Waals surface area contributed by atoms with Gasteiger partial charge in [-0.2, -0.15) is 0 Å². The Morgan fingerprint density at radius 1 is 1.05 bits per heavy atom. The van der Waals surface area contributed by atoms with Gasteiger partial charge in [-0.25, -0.2) is 0 Å². The number of ether oxygens (including phenoxy) is 1. The Hall–Kier alpha value is -0.370. The van der Waals surface area contributed by atoms with Crippen LogP contribution in [0.25, 0.3) is 0 Å². The summed E-state index contributed by atoms with van der Waals surface area (Å²) in [6, 6.07) is 0. The summed E-state index contributed by atoms with van der Waals surface area (Å²) >= 11 is 0. The van der Waals surface area contributed by atoms with Gasteiger partial charge in [0.2, 0.25) is 0 Å². The number of hydrogen-bond donors (Lipinski definition) is 0. The second-order valence-corrected chi connectivity index (χ2v) is 9.18. The molecule has 0 unspecified atom stereocenters. The lowest BCUT2D eigenvalue weighted by atomic mass is 9.45. The van der Waals surface area contributed by atoms with E-state index >= 15 is 0 Å². The predicted octanol–water partition coefficient (Wildman–Crippen LogP) is 4.61. The first kappa shape index (κ1) is 15.2. The van der Waals surface area contributed by atoms with Gasteiger partial charge in [0.15, 0.2) is 0 Å². The Morgan fingerprint density at radius 2 is 1.86 bits per heavy atom. The fourth-order valence-electron chi connectivity index (χ4n) is 7.33. The minimum absolute atomic E-state index is 0.0836. The molecule has 4 saturated carbocycles. The van der Waals surface area contributed by atoms with Gasteiger partial charge in [-0.05, 0) is 61.7 Å². The summed E-state index contributed by atoms with van der Waals surface area (Å²) < 4.78 is 5.81. The molecule has 0 aromatic rings. The van der Waals surface area contributed by atoms with Crippen molar-refractivity contribution in [2.45, 2.75) is 77.7 Å².